The Bertz CT molecular complexity index is 792. The van der Waals surface area contributed by atoms with Crippen LogP contribution in [0.15, 0.2) is 48.5 Å². The van der Waals surface area contributed by atoms with E-state index >= 15 is 0 Å². The van der Waals surface area contributed by atoms with Crippen LogP contribution in [-0.4, -0.2) is 36.5 Å². The van der Waals surface area contributed by atoms with Crippen molar-refractivity contribution >= 4 is 23.0 Å². The molecule has 7 heteroatoms. The summed E-state index contributed by atoms with van der Waals surface area (Å²) in [5, 5.41) is 16.7. The summed E-state index contributed by atoms with van der Waals surface area (Å²) in [7, 11) is 0. The smallest absolute Gasteiger partial charge is 0.269 e. The van der Waals surface area contributed by atoms with E-state index in [-0.39, 0.29) is 11.6 Å². The van der Waals surface area contributed by atoms with Gasteiger partial charge in [-0.15, -0.1) is 0 Å². The Morgan fingerprint density at radius 1 is 1.19 bits per heavy atom. The van der Waals surface area contributed by atoms with Gasteiger partial charge in [-0.25, -0.2) is 0 Å². The molecule has 1 aliphatic rings. The third-order valence-corrected chi connectivity index (χ3v) is 4.52. The molecule has 0 bridgehead atoms. The van der Waals surface area contributed by atoms with Crippen molar-refractivity contribution in [3.63, 3.8) is 0 Å². The first-order chi connectivity index (χ1) is 12.5. The molecule has 1 aliphatic heterocycles. The summed E-state index contributed by atoms with van der Waals surface area (Å²) < 4.78 is 0. The number of benzene rings is 2. The van der Waals surface area contributed by atoms with E-state index in [9.17, 15) is 14.9 Å². The molecule has 0 saturated carbocycles. The molecule has 1 atom stereocenters. The monoisotopic (exact) mass is 354 g/mol. The van der Waals surface area contributed by atoms with Crippen LogP contribution in [0.25, 0.3) is 0 Å². The summed E-state index contributed by atoms with van der Waals surface area (Å²) in [4.78, 5) is 24.6. The van der Waals surface area contributed by atoms with Crippen molar-refractivity contribution in [3.8, 4) is 0 Å². The molecule has 0 aliphatic carbocycles. The zero-order chi connectivity index (χ0) is 18.5. The average molecular weight is 354 g/mol. The van der Waals surface area contributed by atoms with Gasteiger partial charge in [-0.2, -0.15) is 0 Å². The third kappa shape index (κ3) is 4.11. The topological polar surface area (TPSA) is 87.5 Å². The number of nitrogens with one attached hydrogen (secondary N) is 2. The van der Waals surface area contributed by atoms with Gasteiger partial charge >= 0.3 is 0 Å². The van der Waals surface area contributed by atoms with Crippen LogP contribution in [0.3, 0.4) is 0 Å². The number of rotatable bonds is 7. The van der Waals surface area contributed by atoms with E-state index in [1.807, 2.05) is 12.1 Å². The molecule has 0 saturated heterocycles. The maximum atomic E-state index is 12.2. The van der Waals surface area contributed by atoms with Gasteiger partial charge in [0.25, 0.3) is 5.69 Å². The van der Waals surface area contributed by atoms with E-state index in [2.05, 4.69) is 34.6 Å². The van der Waals surface area contributed by atoms with E-state index in [4.69, 9.17) is 0 Å². The number of anilines is 2. The number of hydrogen-bond acceptors (Lipinski definition) is 5. The van der Waals surface area contributed by atoms with Crippen LogP contribution < -0.4 is 15.5 Å². The van der Waals surface area contributed by atoms with E-state index in [1.54, 1.807) is 12.1 Å². The number of carbonyl (C=O) groups is 1. The highest BCUT2D eigenvalue weighted by molar-refractivity contribution is 5.82. The lowest BCUT2D eigenvalue weighted by Crippen LogP contribution is -2.41. The normalized spacial score (nSPS) is 15.4. The number of fused-ring (bicyclic) bond motifs is 1. The van der Waals surface area contributed by atoms with Gasteiger partial charge < -0.3 is 15.5 Å². The SMILES string of the molecule is C[C@H]1Cc2ccccc2N1CC(=O)NCCNc1ccc([N+](=O)[O-])cc1. The van der Waals surface area contributed by atoms with Crippen LogP contribution in [-0.2, 0) is 11.2 Å². The number of nitro groups is 1. The summed E-state index contributed by atoms with van der Waals surface area (Å²) in [6, 6.07) is 14.7. The Morgan fingerprint density at radius 2 is 1.92 bits per heavy atom. The number of nitrogens with zero attached hydrogens (tertiary/aromatic N) is 2. The first-order valence-corrected chi connectivity index (χ1v) is 8.64. The first-order valence-electron chi connectivity index (χ1n) is 8.64. The number of carbonyl (C=O) groups excluding carboxylic acids is 1. The van der Waals surface area contributed by atoms with Crippen molar-refractivity contribution in [2.24, 2.45) is 0 Å². The predicted molar refractivity (Wildman–Crippen MR) is 102 cm³/mol. The largest absolute Gasteiger partial charge is 0.383 e. The lowest BCUT2D eigenvalue weighted by atomic mass is 10.1. The Balaban J connectivity index is 1.43. The standard InChI is InChI=1S/C19H22N4O3/c1-14-12-15-4-2-3-5-18(15)22(14)13-19(24)21-11-10-20-16-6-8-17(9-7-16)23(25)26/h2-9,14,20H,10-13H2,1H3,(H,21,24)/t14-/m0/s1. The van der Waals surface area contributed by atoms with E-state index in [0.717, 1.165) is 17.8 Å². The fourth-order valence-electron chi connectivity index (χ4n) is 3.19. The summed E-state index contributed by atoms with van der Waals surface area (Å²) >= 11 is 0. The van der Waals surface area contributed by atoms with Crippen molar-refractivity contribution in [3.05, 3.63) is 64.2 Å². The van der Waals surface area contributed by atoms with Crippen LogP contribution in [0.2, 0.25) is 0 Å². The maximum absolute atomic E-state index is 12.2. The number of hydrogen-bond donors (Lipinski definition) is 2. The highest BCUT2D eigenvalue weighted by Gasteiger charge is 2.26. The second kappa shape index (κ2) is 7.86. The molecule has 3 rings (SSSR count). The van der Waals surface area contributed by atoms with Crippen LogP contribution in [0, 0.1) is 10.1 Å². The summed E-state index contributed by atoms with van der Waals surface area (Å²) in [6.07, 6.45) is 0.963. The Morgan fingerprint density at radius 3 is 2.65 bits per heavy atom. The molecular formula is C19H22N4O3. The second-order valence-corrected chi connectivity index (χ2v) is 6.39. The minimum absolute atomic E-state index is 0.0148. The summed E-state index contributed by atoms with van der Waals surface area (Å²) in [5.74, 6) is -0.0148. The van der Waals surface area contributed by atoms with Crippen molar-refractivity contribution in [2.75, 3.05) is 29.9 Å². The Labute approximate surface area is 152 Å². The van der Waals surface area contributed by atoms with Gasteiger partial charge in [-0.05, 0) is 37.1 Å². The van der Waals surface area contributed by atoms with Gasteiger partial charge in [0.15, 0.2) is 0 Å². The van der Waals surface area contributed by atoms with E-state index in [0.29, 0.717) is 25.7 Å². The molecule has 26 heavy (non-hydrogen) atoms. The second-order valence-electron chi connectivity index (χ2n) is 6.39. The van der Waals surface area contributed by atoms with Crippen LogP contribution in [0.1, 0.15) is 12.5 Å². The molecule has 2 aromatic rings. The Hall–Kier alpha value is -3.09. The zero-order valence-electron chi connectivity index (χ0n) is 14.6. The van der Waals surface area contributed by atoms with Crippen molar-refractivity contribution < 1.29 is 9.72 Å². The number of para-hydroxylation sites is 1. The Kier molecular flexibility index (Phi) is 5.36. The van der Waals surface area contributed by atoms with Crippen molar-refractivity contribution in [2.45, 2.75) is 19.4 Å². The first kappa shape index (κ1) is 17.7. The summed E-state index contributed by atoms with van der Waals surface area (Å²) in [5.41, 5.74) is 3.27. The highest BCUT2D eigenvalue weighted by atomic mass is 16.6. The van der Waals surface area contributed by atoms with Crippen molar-refractivity contribution in [1.82, 2.24) is 5.32 Å². The highest BCUT2D eigenvalue weighted by Crippen LogP contribution is 2.31. The van der Waals surface area contributed by atoms with Crippen LogP contribution in [0.5, 0.6) is 0 Å². The number of nitro benzene ring substituents is 1. The zero-order valence-corrected chi connectivity index (χ0v) is 14.6. The molecular weight excluding hydrogens is 332 g/mol. The maximum Gasteiger partial charge on any atom is 0.269 e. The third-order valence-electron chi connectivity index (χ3n) is 4.52. The molecule has 7 nitrogen and oxygen atoms in total. The van der Waals surface area contributed by atoms with Gasteiger partial charge in [0.2, 0.25) is 5.91 Å². The number of amides is 1. The van der Waals surface area contributed by atoms with E-state index < -0.39 is 4.92 Å². The molecule has 136 valence electrons. The summed E-state index contributed by atoms with van der Waals surface area (Å²) in [6.45, 7) is 3.51. The predicted octanol–water partition coefficient (Wildman–Crippen LogP) is 2.57. The fraction of sp³-hybridized carbons (Fsp3) is 0.316. The van der Waals surface area contributed by atoms with Crippen LogP contribution >= 0.6 is 0 Å². The lowest BCUT2D eigenvalue weighted by molar-refractivity contribution is -0.384. The molecule has 2 N–H and O–H groups in total. The van der Waals surface area contributed by atoms with Crippen molar-refractivity contribution in [1.29, 1.82) is 0 Å². The molecule has 0 radical (unpaired) electrons. The molecule has 1 heterocycles. The van der Waals surface area contributed by atoms with Gasteiger partial charge in [0, 0.05) is 42.6 Å². The van der Waals surface area contributed by atoms with E-state index in [1.165, 1.54) is 17.7 Å². The van der Waals surface area contributed by atoms with Crippen LogP contribution in [0.4, 0.5) is 17.1 Å². The number of non-ortho nitro benzene ring substituents is 1. The molecule has 0 aromatic heterocycles. The molecule has 0 unspecified atom stereocenters. The lowest BCUT2D eigenvalue weighted by Gasteiger charge is -2.24. The quantitative estimate of drug-likeness (QED) is 0.453. The van der Waals surface area contributed by atoms with Gasteiger partial charge in [-0.1, -0.05) is 18.2 Å². The fourth-order valence-corrected chi connectivity index (χ4v) is 3.19. The molecule has 0 spiro atoms. The molecule has 2 aromatic carbocycles. The van der Waals surface area contributed by atoms with Gasteiger partial charge in [0.1, 0.15) is 0 Å². The molecule has 1 amide bonds. The molecule has 0 fully saturated rings. The average Bonchev–Trinajstić information content (AvgIpc) is 2.95. The minimum atomic E-state index is -0.429. The van der Waals surface area contributed by atoms with Gasteiger partial charge in [-0.3, -0.25) is 14.9 Å². The van der Waals surface area contributed by atoms with Gasteiger partial charge in [0.05, 0.1) is 11.5 Å². The minimum Gasteiger partial charge on any atom is -0.383 e.